The van der Waals surface area contributed by atoms with Crippen molar-refractivity contribution in [2.45, 2.75) is 62.0 Å². The minimum absolute atomic E-state index is 0.0110. The van der Waals surface area contributed by atoms with E-state index in [1.165, 1.54) is 12.7 Å². The Kier molecular flexibility index (Phi) is 6.60. The van der Waals surface area contributed by atoms with Gasteiger partial charge in [0.1, 0.15) is 11.0 Å². The maximum atomic E-state index is 13.3. The van der Waals surface area contributed by atoms with E-state index in [1.54, 1.807) is 24.3 Å². The Labute approximate surface area is 167 Å². The molecule has 28 heavy (non-hydrogen) atoms. The zero-order chi connectivity index (χ0) is 20.1. The average molecular weight is 404 g/mol. The van der Waals surface area contributed by atoms with Crippen molar-refractivity contribution >= 4 is 15.7 Å². The van der Waals surface area contributed by atoms with E-state index in [-0.39, 0.29) is 23.3 Å². The number of sulfone groups is 1. The maximum absolute atomic E-state index is 13.3. The largest absolute Gasteiger partial charge is 0.468 e. The van der Waals surface area contributed by atoms with Crippen LogP contribution in [0.25, 0.3) is 0 Å². The van der Waals surface area contributed by atoms with E-state index in [9.17, 15) is 13.2 Å². The lowest BCUT2D eigenvalue weighted by Crippen LogP contribution is -2.36. The minimum atomic E-state index is -3.70. The lowest BCUT2D eigenvalue weighted by atomic mass is 9.89. The first-order chi connectivity index (χ1) is 13.4. The van der Waals surface area contributed by atoms with E-state index < -0.39 is 15.1 Å². The molecule has 1 heterocycles. The van der Waals surface area contributed by atoms with Crippen LogP contribution in [0.2, 0.25) is 0 Å². The van der Waals surface area contributed by atoms with Crippen LogP contribution < -0.4 is 5.32 Å². The number of carbonyl (C=O) groups is 1. The molecule has 0 bridgehead atoms. The summed E-state index contributed by atoms with van der Waals surface area (Å²) in [6.07, 6.45) is 6.49. The van der Waals surface area contributed by atoms with Crippen molar-refractivity contribution in [3.8, 4) is 0 Å². The first-order valence-corrected chi connectivity index (χ1v) is 11.6. The fourth-order valence-electron chi connectivity index (χ4n) is 3.75. The zero-order valence-electron chi connectivity index (χ0n) is 16.6. The van der Waals surface area contributed by atoms with E-state index >= 15 is 0 Å². The summed E-state index contributed by atoms with van der Waals surface area (Å²) in [4.78, 5) is 12.8. The molecule has 1 atom stereocenters. The second-order valence-corrected chi connectivity index (χ2v) is 9.98. The van der Waals surface area contributed by atoms with E-state index in [1.807, 2.05) is 12.1 Å². The smallest absolute Gasteiger partial charge is 0.223 e. The van der Waals surface area contributed by atoms with Gasteiger partial charge in [0.05, 0.1) is 11.2 Å². The van der Waals surface area contributed by atoms with Crippen LogP contribution in [-0.4, -0.2) is 20.9 Å². The van der Waals surface area contributed by atoms with Gasteiger partial charge in [-0.25, -0.2) is 8.42 Å². The molecule has 0 saturated heterocycles. The van der Waals surface area contributed by atoms with Gasteiger partial charge < -0.3 is 9.73 Å². The quantitative estimate of drug-likeness (QED) is 0.732. The van der Waals surface area contributed by atoms with Crippen LogP contribution in [0.3, 0.4) is 0 Å². The van der Waals surface area contributed by atoms with Gasteiger partial charge in [0.2, 0.25) is 5.91 Å². The predicted octanol–water partition coefficient (Wildman–Crippen LogP) is 4.61. The van der Waals surface area contributed by atoms with Gasteiger partial charge in [0.25, 0.3) is 0 Å². The number of nitrogens with one attached hydrogen (secondary N) is 1. The fourth-order valence-corrected chi connectivity index (χ4v) is 5.33. The Balaban J connectivity index is 1.80. The molecule has 0 aliphatic heterocycles. The van der Waals surface area contributed by atoms with Crippen molar-refractivity contribution in [1.82, 2.24) is 5.32 Å². The number of hydrogen-bond acceptors (Lipinski definition) is 4. The van der Waals surface area contributed by atoms with Crippen molar-refractivity contribution < 1.29 is 17.6 Å². The first kappa shape index (κ1) is 20.6. The normalized spacial score (nSPS) is 16.8. The molecular weight excluding hydrogens is 374 g/mol. The summed E-state index contributed by atoms with van der Waals surface area (Å²) in [5.74, 6) is 0.602. The molecule has 2 aromatic rings. The standard InChI is InChI=1S/C22H29NO4S/c1-16(2)17-10-12-19(13-11-17)28(25,26)21(20-9-6-14-27-20)15-23-22(24)18-7-4-3-5-8-18/h6,9-14,16,18,21H,3-5,7-8,15H2,1-2H3,(H,23,24)/t21-/m1/s1. The molecule has 1 aliphatic rings. The molecule has 0 unspecified atom stereocenters. The summed E-state index contributed by atoms with van der Waals surface area (Å²) in [6, 6.07) is 10.3. The average Bonchev–Trinajstić information content (AvgIpc) is 3.23. The summed E-state index contributed by atoms with van der Waals surface area (Å²) in [5.41, 5.74) is 1.08. The summed E-state index contributed by atoms with van der Waals surface area (Å²) >= 11 is 0. The Morgan fingerprint density at radius 1 is 1.11 bits per heavy atom. The zero-order valence-corrected chi connectivity index (χ0v) is 17.4. The fraction of sp³-hybridized carbons (Fsp3) is 0.500. The van der Waals surface area contributed by atoms with Gasteiger partial charge in [-0.3, -0.25) is 4.79 Å². The van der Waals surface area contributed by atoms with Crippen molar-refractivity contribution in [1.29, 1.82) is 0 Å². The Morgan fingerprint density at radius 2 is 1.79 bits per heavy atom. The van der Waals surface area contributed by atoms with Gasteiger partial charge in [-0.2, -0.15) is 0 Å². The Hall–Kier alpha value is -2.08. The molecule has 152 valence electrons. The highest BCUT2D eigenvalue weighted by atomic mass is 32.2. The summed E-state index contributed by atoms with van der Waals surface area (Å²) in [5, 5.41) is 1.92. The molecule has 5 nitrogen and oxygen atoms in total. The number of benzene rings is 1. The molecule has 0 radical (unpaired) electrons. The monoisotopic (exact) mass is 403 g/mol. The Bertz CT molecular complexity index is 864. The molecule has 1 fully saturated rings. The number of hydrogen-bond donors (Lipinski definition) is 1. The van der Waals surface area contributed by atoms with E-state index in [2.05, 4.69) is 19.2 Å². The van der Waals surface area contributed by atoms with E-state index in [0.29, 0.717) is 11.7 Å². The van der Waals surface area contributed by atoms with Crippen LogP contribution in [-0.2, 0) is 14.6 Å². The van der Waals surface area contributed by atoms with Crippen LogP contribution in [0.1, 0.15) is 68.4 Å². The summed E-state index contributed by atoms with van der Waals surface area (Å²) in [7, 11) is -3.70. The Morgan fingerprint density at radius 3 is 2.36 bits per heavy atom. The molecule has 1 N–H and O–H groups in total. The van der Waals surface area contributed by atoms with Gasteiger partial charge in [0.15, 0.2) is 9.84 Å². The lowest BCUT2D eigenvalue weighted by molar-refractivity contribution is -0.125. The van der Waals surface area contributed by atoms with Gasteiger partial charge in [0, 0.05) is 12.5 Å². The predicted molar refractivity (Wildman–Crippen MR) is 109 cm³/mol. The van der Waals surface area contributed by atoms with Crippen LogP contribution in [0.5, 0.6) is 0 Å². The van der Waals surface area contributed by atoms with Gasteiger partial charge >= 0.3 is 0 Å². The second-order valence-electron chi connectivity index (χ2n) is 7.85. The van der Waals surface area contributed by atoms with Crippen molar-refractivity contribution in [3.63, 3.8) is 0 Å². The molecule has 1 saturated carbocycles. The van der Waals surface area contributed by atoms with Crippen LogP contribution >= 0.6 is 0 Å². The van der Waals surface area contributed by atoms with Gasteiger partial charge in [-0.05, 0) is 48.6 Å². The van der Waals surface area contributed by atoms with Crippen molar-refractivity contribution in [3.05, 3.63) is 54.0 Å². The SMILES string of the molecule is CC(C)c1ccc(S(=O)(=O)[C@H](CNC(=O)C2CCCCC2)c2ccco2)cc1. The second kappa shape index (κ2) is 8.95. The van der Waals surface area contributed by atoms with Crippen molar-refractivity contribution in [2.24, 2.45) is 5.92 Å². The molecule has 6 heteroatoms. The summed E-state index contributed by atoms with van der Waals surface area (Å²) < 4.78 is 32.0. The number of rotatable bonds is 7. The molecule has 1 aromatic carbocycles. The topological polar surface area (TPSA) is 76.4 Å². The third-order valence-electron chi connectivity index (χ3n) is 5.55. The van der Waals surface area contributed by atoms with Gasteiger partial charge in [-0.15, -0.1) is 0 Å². The van der Waals surface area contributed by atoms with Crippen molar-refractivity contribution in [2.75, 3.05) is 6.54 Å². The van der Waals surface area contributed by atoms with E-state index in [0.717, 1.165) is 31.2 Å². The lowest BCUT2D eigenvalue weighted by Gasteiger charge is -2.22. The van der Waals surface area contributed by atoms with Crippen LogP contribution in [0.15, 0.2) is 52.0 Å². The molecule has 1 aliphatic carbocycles. The molecule has 0 spiro atoms. The molecule has 3 rings (SSSR count). The highest BCUT2D eigenvalue weighted by molar-refractivity contribution is 7.91. The van der Waals surface area contributed by atoms with E-state index in [4.69, 9.17) is 4.42 Å². The van der Waals surface area contributed by atoms with Crippen LogP contribution in [0.4, 0.5) is 0 Å². The highest BCUT2D eigenvalue weighted by Gasteiger charge is 2.32. The first-order valence-electron chi connectivity index (χ1n) is 10.0. The molecule has 1 amide bonds. The third-order valence-corrected chi connectivity index (χ3v) is 7.63. The van der Waals surface area contributed by atoms with Gasteiger partial charge in [-0.1, -0.05) is 45.2 Å². The third kappa shape index (κ3) is 4.66. The van der Waals surface area contributed by atoms with Crippen LogP contribution in [0, 0.1) is 5.92 Å². The molecule has 1 aromatic heterocycles. The molecular formula is C22H29NO4S. The summed E-state index contributed by atoms with van der Waals surface area (Å²) in [6.45, 7) is 4.14. The number of amides is 1. The number of furan rings is 1. The highest BCUT2D eigenvalue weighted by Crippen LogP contribution is 2.30. The minimum Gasteiger partial charge on any atom is -0.468 e. The maximum Gasteiger partial charge on any atom is 0.223 e. The number of carbonyl (C=O) groups excluding carboxylic acids is 1.